The van der Waals surface area contributed by atoms with E-state index in [1.165, 1.54) is 0 Å². The van der Waals surface area contributed by atoms with Gasteiger partial charge in [0.05, 0.1) is 12.1 Å². The van der Waals surface area contributed by atoms with Crippen LogP contribution in [0, 0.1) is 6.92 Å². The normalized spacial score (nSPS) is 17.7. The van der Waals surface area contributed by atoms with Gasteiger partial charge in [0.1, 0.15) is 0 Å². The summed E-state index contributed by atoms with van der Waals surface area (Å²) in [6, 6.07) is 7.67. The number of amides is 1. The van der Waals surface area contributed by atoms with Gasteiger partial charge >= 0.3 is 0 Å². The summed E-state index contributed by atoms with van der Waals surface area (Å²) in [7, 11) is 0. The predicted molar refractivity (Wildman–Crippen MR) is 77.7 cm³/mol. The van der Waals surface area contributed by atoms with E-state index in [4.69, 9.17) is 4.74 Å². The van der Waals surface area contributed by atoms with Crippen molar-refractivity contribution in [1.29, 1.82) is 0 Å². The van der Waals surface area contributed by atoms with Gasteiger partial charge in [0.2, 0.25) is 5.91 Å². The summed E-state index contributed by atoms with van der Waals surface area (Å²) in [6.45, 7) is 3.74. The Morgan fingerprint density at radius 2 is 2.15 bits per heavy atom. The largest absolute Gasteiger partial charge is 0.388 e. The van der Waals surface area contributed by atoms with E-state index >= 15 is 0 Å². The molecule has 0 bridgehead atoms. The highest BCUT2D eigenvalue weighted by atomic mass is 16.5. The Labute approximate surface area is 119 Å². The number of carbonyl (C=O) groups is 1. The molecule has 1 aromatic rings. The van der Waals surface area contributed by atoms with Gasteiger partial charge in [-0.1, -0.05) is 12.1 Å². The molecule has 3 N–H and O–H groups in total. The minimum atomic E-state index is -0.748. The smallest absolute Gasteiger partial charge is 0.238 e. The number of benzene rings is 1. The third-order valence-electron chi connectivity index (χ3n) is 3.46. The second-order valence-corrected chi connectivity index (χ2v) is 5.36. The first-order valence-corrected chi connectivity index (χ1v) is 6.95. The summed E-state index contributed by atoms with van der Waals surface area (Å²) in [6.07, 6.45) is 1.22. The van der Waals surface area contributed by atoms with Gasteiger partial charge in [-0.2, -0.15) is 0 Å². The van der Waals surface area contributed by atoms with Crippen LogP contribution in [0.4, 0.5) is 5.69 Å². The number of hydrogen-bond acceptors (Lipinski definition) is 4. The molecule has 5 nitrogen and oxygen atoms in total. The van der Waals surface area contributed by atoms with Crippen LogP contribution in [-0.4, -0.2) is 42.9 Å². The van der Waals surface area contributed by atoms with Crippen LogP contribution in [0.25, 0.3) is 0 Å². The molecule has 1 aliphatic rings. The molecular formula is C15H22N2O3. The van der Waals surface area contributed by atoms with Crippen LogP contribution in [0.1, 0.15) is 18.4 Å². The molecule has 0 aliphatic carbocycles. The molecule has 0 unspecified atom stereocenters. The Morgan fingerprint density at radius 3 is 2.85 bits per heavy atom. The molecule has 0 radical (unpaired) electrons. The number of anilines is 1. The molecule has 5 heteroatoms. The number of aryl methyl sites for hydroxylation is 1. The SMILES string of the molecule is Cc1cccc(NC(=O)CNCC2(O)CCOCC2)c1. The molecule has 1 aromatic carbocycles. The molecule has 0 spiro atoms. The van der Waals surface area contributed by atoms with Gasteiger partial charge in [0.15, 0.2) is 0 Å². The van der Waals surface area contributed by atoms with Crippen molar-refractivity contribution < 1.29 is 14.6 Å². The molecule has 1 aliphatic heterocycles. The molecule has 0 saturated carbocycles. The number of hydrogen-bond donors (Lipinski definition) is 3. The van der Waals surface area contributed by atoms with E-state index in [-0.39, 0.29) is 12.5 Å². The van der Waals surface area contributed by atoms with Gasteiger partial charge in [0, 0.05) is 38.3 Å². The highest BCUT2D eigenvalue weighted by Crippen LogP contribution is 2.19. The van der Waals surface area contributed by atoms with Gasteiger partial charge in [-0.25, -0.2) is 0 Å². The van der Waals surface area contributed by atoms with Crippen molar-refractivity contribution in [3.8, 4) is 0 Å². The molecule has 1 fully saturated rings. The van der Waals surface area contributed by atoms with Crippen molar-refractivity contribution >= 4 is 11.6 Å². The van der Waals surface area contributed by atoms with Gasteiger partial charge in [-0.15, -0.1) is 0 Å². The minimum Gasteiger partial charge on any atom is -0.388 e. The standard InChI is InChI=1S/C15H22N2O3/c1-12-3-2-4-13(9-12)17-14(18)10-16-11-15(19)5-7-20-8-6-15/h2-4,9,16,19H,5-8,10-11H2,1H3,(H,17,18). The molecule has 0 aromatic heterocycles. The Bertz CT molecular complexity index is 456. The number of nitrogens with one attached hydrogen (secondary N) is 2. The summed E-state index contributed by atoms with van der Waals surface area (Å²) < 4.78 is 5.22. The minimum absolute atomic E-state index is 0.105. The molecular weight excluding hydrogens is 256 g/mol. The lowest BCUT2D eigenvalue weighted by Gasteiger charge is -2.32. The first-order valence-electron chi connectivity index (χ1n) is 6.95. The van der Waals surface area contributed by atoms with Crippen molar-refractivity contribution in [3.63, 3.8) is 0 Å². The molecule has 110 valence electrons. The molecule has 1 saturated heterocycles. The summed E-state index contributed by atoms with van der Waals surface area (Å²) >= 11 is 0. The van der Waals surface area contributed by atoms with E-state index in [1.807, 2.05) is 31.2 Å². The lowest BCUT2D eigenvalue weighted by Crippen LogP contribution is -2.46. The van der Waals surface area contributed by atoms with Gasteiger partial charge in [-0.05, 0) is 24.6 Å². The highest BCUT2D eigenvalue weighted by molar-refractivity contribution is 5.92. The number of aliphatic hydroxyl groups is 1. The van der Waals surface area contributed by atoms with E-state index < -0.39 is 5.60 Å². The van der Waals surface area contributed by atoms with Crippen molar-refractivity contribution in [3.05, 3.63) is 29.8 Å². The van der Waals surface area contributed by atoms with Crippen molar-refractivity contribution in [2.75, 3.05) is 31.6 Å². The average Bonchev–Trinajstić information content (AvgIpc) is 2.39. The summed E-state index contributed by atoms with van der Waals surface area (Å²) in [5.41, 5.74) is 1.15. The van der Waals surface area contributed by atoms with E-state index in [1.54, 1.807) is 0 Å². The van der Waals surface area contributed by atoms with Crippen molar-refractivity contribution in [2.45, 2.75) is 25.4 Å². The quantitative estimate of drug-likeness (QED) is 0.753. The number of carbonyl (C=O) groups excluding carboxylic acids is 1. The fourth-order valence-electron chi connectivity index (χ4n) is 2.26. The van der Waals surface area contributed by atoms with Crippen molar-refractivity contribution in [1.82, 2.24) is 5.32 Å². The third kappa shape index (κ3) is 4.59. The highest BCUT2D eigenvalue weighted by Gasteiger charge is 2.29. The first-order chi connectivity index (χ1) is 9.57. The van der Waals surface area contributed by atoms with E-state index in [9.17, 15) is 9.90 Å². The fraction of sp³-hybridized carbons (Fsp3) is 0.533. The zero-order valence-corrected chi connectivity index (χ0v) is 11.8. The molecule has 1 amide bonds. The first kappa shape index (κ1) is 15.0. The van der Waals surface area contributed by atoms with E-state index in [2.05, 4.69) is 10.6 Å². The lowest BCUT2D eigenvalue weighted by atomic mass is 9.94. The maximum Gasteiger partial charge on any atom is 0.238 e. The zero-order chi connectivity index (χ0) is 14.4. The monoisotopic (exact) mass is 278 g/mol. The van der Waals surface area contributed by atoms with Crippen LogP contribution in [0.15, 0.2) is 24.3 Å². The second kappa shape index (κ2) is 6.83. The van der Waals surface area contributed by atoms with Crippen molar-refractivity contribution in [2.24, 2.45) is 0 Å². The average molecular weight is 278 g/mol. The number of rotatable bonds is 5. The summed E-state index contributed by atoms with van der Waals surface area (Å²) in [5.74, 6) is -0.105. The Balaban J connectivity index is 1.72. The molecule has 1 heterocycles. The van der Waals surface area contributed by atoms with Crippen LogP contribution < -0.4 is 10.6 Å². The number of ether oxygens (including phenoxy) is 1. The maximum atomic E-state index is 11.8. The van der Waals surface area contributed by atoms with Gasteiger partial charge < -0.3 is 20.5 Å². The van der Waals surface area contributed by atoms with E-state index in [0.29, 0.717) is 32.6 Å². The van der Waals surface area contributed by atoms with Gasteiger partial charge in [-0.3, -0.25) is 4.79 Å². The van der Waals surface area contributed by atoms with Crippen LogP contribution in [0.3, 0.4) is 0 Å². The molecule has 0 atom stereocenters. The van der Waals surface area contributed by atoms with Crippen LogP contribution in [-0.2, 0) is 9.53 Å². The predicted octanol–water partition coefficient (Wildman–Crippen LogP) is 1.06. The zero-order valence-electron chi connectivity index (χ0n) is 11.8. The van der Waals surface area contributed by atoms with Crippen LogP contribution in [0.2, 0.25) is 0 Å². The molecule has 20 heavy (non-hydrogen) atoms. The third-order valence-corrected chi connectivity index (χ3v) is 3.46. The fourth-order valence-corrected chi connectivity index (χ4v) is 2.26. The Kier molecular flexibility index (Phi) is 5.11. The van der Waals surface area contributed by atoms with Gasteiger partial charge in [0.25, 0.3) is 0 Å². The maximum absolute atomic E-state index is 11.8. The molecule has 2 rings (SSSR count). The lowest BCUT2D eigenvalue weighted by molar-refractivity contribution is -0.115. The Hall–Kier alpha value is -1.43. The topological polar surface area (TPSA) is 70.6 Å². The van der Waals surface area contributed by atoms with Crippen LogP contribution >= 0.6 is 0 Å². The van der Waals surface area contributed by atoms with E-state index in [0.717, 1.165) is 11.3 Å². The summed E-state index contributed by atoms with van der Waals surface area (Å²) in [4.78, 5) is 11.8. The second-order valence-electron chi connectivity index (χ2n) is 5.36. The van der Waals surface area contributed by atoms with Crippen LogP contribution in [0.5, 0.6) is 0 Å². The Morgan fingerprint density at radius 1 is 1.40 bits per heavy atom. The summed E-state index contributed by atoms with van der Waals surface area (Å²) in [5, 5.41) is 16.1.